The first-order valence-corrected chi connectivity index (χ1v) is 10.7. The smallest absolute Gasteiger partial charge is 0.0679 e. The van der Waals surface area contributed by atoms with E-state index in [9.17, 15) is 5.11 Å². The van der Waals surface area contributed by atoms with Crippen molar-refractivity contribution < 1.29 is 10.2 Å². The van der Waals surface area contributed by atoms with Gasteiger partial charge in [0.15, 0.2) is 0 Å². The molecule has 0 aliphatic heterocycles. The molecule has 0 aromatic carbocycles. The monoisotopic (exact) mass is 374 g/mol. The van der Waals surface area contributed by atoms with Crippen LogP contribution in [-0.4, -0.2) is 22.4 Å². The van der Waals surface area contributed by atoms with Gasteiger partial charge in [0, 0.05) is 0 Å². The first-order chi connectivity index (χ1) is 12.8. The summed E-state index contributed by atoms with van der Waals surface area (Å²) in [7, 11) is 0. The van der Waals surface area contributed by atoms with E-state index in [0.29, 0.717) is 0 Å². The number of aliphatic hydroxyl groups is 2. The van der Waals surface area contributed by atoms with Crippen molar-refractivity contribution in [2.24, 2.45) is 5.92 Å². The summed E-state index contributed by atoms with van der Waals surface area (Å²) in [6.07, 6.45) is 17.8. The molecule has 2 N–H and O–H groups in total. The van der Waals surface area contributed by atoms with E-state index >= 15 is 0 Å². The average Bonchev–Trinajstić information content (AvgIpc) is 2.63. The Labute approximate surface area is 167 Å². The summed E-state index contributed by atoms with van der Waals surface area (Å²) < 4.78 is 0. The number of aliphatic hydroxyl groups excluding tert-OH is 1. The molecular formula is C25H42O2. The normalized spacial score (nSPS) is 30.9. The number of hydrogen-bond acceptors (Lipinski definition) is 2. The van der Waals surface area contributed by atoms with Gasteiger partial charge in [0.2, 0.25) is 0 Å². The molecule has 0 unspecified atom stereocenters. The van der Waals surface area contributed by atoms with Crippen LogP contribution < -0.4 is 0 Å². The maximum atomic E-state index is 11.5. The SMILES string of the molecule is C/C1=C/C/C=C(\C)CC[C@@](O)([C@H](C)CC/C=C(\C)CO)CC/C(C)=C/CC1. The second kappa shape index (κ2) is 12.4. The van der Waals surface area contributed by atoms with E-state index in [1.54, 1.807) is 0 Å². The Bertz CT molecular complexity index is 565. The summed E-state index contributed by atoms with van der Waals surface area (Å²) in [5, 5.41) is 20.7. The minimum Gasteiger partial charge on any atom is -0.392 e. The largest absolute Gasteiger partial charge is 0.392 e. The lowest BCUT2D eigenvalue weighted by Crippen LogP contribution is -2.36. The fourth-order valence-corrected chi connectivity index (χ4v) is 3.67. The van der Waals surface area contributed by atoms with Crippen LogP contribution >= 0.6 is 0 Å². The maximum Gasteiger partial charge on any atom is 0.0679 e. The molecule has 0 fully saturated rings. The Morgan fingerprint density at radius 2 is 1.59 bits per heavy atom. The zero-order valence-electron chi connectivity index (χ0n) is 18.4. The van der Waals surface area contributed by atoms with E-state index in [1.807, 2.05) is 6.92 Å². The summed E-state index contributed by atoms with van der Waals surface area (Å²) in [6, 6.07) is 0. The van der Waals surface area contributed by atoms with Crippen molar-refractivity contribution in [1.82, 2.24) is 0 Å². The summed E-state index contributed by atoms with van der Waals surface area (Å²) in [5.41, 5.74) is 4.64. The highest BCUT2D eigenvalue weighted by Crippen LogP contribution is 2.34. The molecule has 2 atom stereocenters. The average molecular weight is 375 g/mol. The van der Waals surface area contributed by atoms with Gasteiger partial charge >= 0.3 is 0 Å². The molecule has 27 heavy (non-hydrogen) atoms. The lowest BCUT2D eigenvalue weighted by Gasteiger charge is -2.35. The van der Waals surface area contributed by atoms with Crippen LogP contribution in [0.5, 0.6) is 0 Å². The minimum atomic E-state index is -0.624. The fourth-order valence-electron chi connectivity index (χ4n) is 3.67. The molecule has 0 aromatic rings. The zero-order valence-corrected chi connectivity index (χ0v) is 18.4. The van der Waals surface area contributed by atoms with Crippen LogP contribution in [0.4, 0.5) is 0 Å². The van der Waals surface area contributed by atoms with Crippen LogP contribution in [0.2, 0.25) is 0 Å². The van der Waals surface area contributed by atoms with Crippen molar-refractivity contribution in [2.75, 3.05) is 6.61 Å². The van der Waals surface area contributed by atoms with Crippen molar-refractivity contribution in [3.05, 3.63) is 46.6 Å². The quantitative estimate of drug-likeness (QED) is 0.528. The van der Waals surface area contributed by atoms with Crippen LogP contribution in [0.15, 0.2) is 46.6 Å². The van der Waals surface area contributed by atoms with Crippen molar-refractivity contribution >= 4 is 0 Å². The highest BCUT2D eigenvalue weighted by Gasteiger charge is 2.32. The Hall–Kier alpha value is -1.12. The van der Waals surface area contributed by atoms with Gasteiger partial charge < -0.3 is 10.2 Å². The standard InChI is InChI=1S/C25H42O2/c1-20-9-6-11-21(2)15-17-25(27,18-16-22(3)12-7-10-20)24(5)14-8-13-23(4)19-26/h9,11-13,24,26-27H,6-8,10,14-19H2,1-5H3/b20-9-,21-11+,22-12+,23-13+/t24-,25+/m1/s1. The molecule has 2 nitrogen and oxygen atoms in total. The van der Waals surface area contributed by atoms with Crippen LogP contribution in [-0.2, 0) is 0 Å². The van der Waals surface area contributed by atoms with Crippen LogP contribution in [0.3, 0.4) is 0 Å². The first-order valence-electron chi connectivity index (χ1n) is 10.7. The number of hydrogen-bond donors (Lipinski definition) is 2. The van der Waals surface area contributed by atoms with Crippen LogP contribution in [0.1, 0.15) is 92.4 Å². The van der Waals surface area contributed by atoms with Crippen LogP contribution in [0, 0.1) is 5.92 Å². The van der Waals surface area contributed by atoms with E-state index in [1.165, 1.54) is 16.7 Å². The molecule has 0 amide bonds. The third kappa shape index (κ3) is 9.58. The Morgan fingerprint density at radius 3 is 2.19 bits per heavy atom. The molecule has 1 aliphatic carbocycles. The van der Waals surface area contributed by atoms with Gasteiger partial charge in [-0.1, -0.05) is 53.5 Å². The Kier molecular flexibility index (Phi) is 10.9. The maximum absolute atomic E-state index is 11.5. The molecule has 0 aromatic heterocycles. The van der Waals surface area contributed by atoms with E-state index in [2.05, 4.69) is 52.0 Å². The number of rotatable bonds is 5. The molecule has 0 saturated carbocycles. The first kappa shape index (κ1) is 23.9. The fraction of sp³-hybridized carbons (Fsp3) is 0.680. The topological polar surface area (TPSA) is 40.5 Å². The summed E-state index contributed by atoms with van der Waals surface area (Å²) in [4.78, 5) is 0. The van der Waals surface area contributed by atoms with E-state index in [0.717, 1.165) is 63.4 Å². The Balaban J connectivity index is 2.87. The van der Waals surface area contributed by atoms with Gasteiger partial charge in [0.05, 0.1) is 12.2 Å². The molecule has 1 aliphatic rings. The predicted octanol–water partition coefficient (Wildman–Crippen LogP) is 6.66. The van der Waals surface area contributed by atoms with E-state index in [4.69, 9.17) is 5.11 Å². The summed E-state index contributed by atoms with van der Waals surface area (Å²) >= 11 is 0. The molecule has 0 spiro atoms. The van der Waals surface area contributed by atoms with Crippen LogP contribution in [0.25, 0.3) is 0 Å². The zero-order chi connectivity index (χ0) is 20.3. The highest BCUT2D eigenvalue weighted by molar-refractivity contribution is 5.10. The molecular weight excluding hydrogens is 332 g/mol. The third-order valence-electron chi connectivity index (χ3n) is 6.13. The van der Waals surface area contributed by atoms with Gasteiger partial charge in [-0.2, -0.15) is 0 Å². The minimum absolute atomic E-state index is 0.126. The van der Waals surface area contributed by atoms with E-state index < -0.39 is 5.60 Å². The molecule has 0 bridgehead atoms. The second-order valence-corrected chi connectivity index (χ2v) is 8.72. The van der Waals surface area contributed by atoms with Gasteiger partial charge in [0.1, 0.15) is 0 Å². The lowest BCUT2D eigenvalue weighted by atomic mass is 9.77. The van der Waals surface area contributed by atoms with Gasteiger partial charge in [-0.05, 0) is 91.4 Å². The number of allylic oxidation sites excluding steroid dienone is 7. The van der Waals surface area contributed by atoms with E-state index in [-0.39, 0.29) is 12.5 Å². The molecule has 0 radical (unpaired) electrons. The third-order valence-corrected chi connectivity index (χ3v) is 6.13. The highest BCUT2D eigenvalue weighted by atomic mass is 16.3. The summed E-state index contributed by atoms with van der Waals surface area (Å²) in [6.45, 7) is 10.9. The molecule has 154 valence electrons. The summed E-state index contributed by atoms with van der Waals surface area (Å²) in [5.74, 6) is 0.246. The van der Waals surface area contributed by atoms with Crippen molar-refractivity contribution in [1.29, 1.82) is 0 Å². The van der Waals surface area contributed by atoms with Crippen molar-refractivity contribution in [3.63, 3.8) is 0 Å². The Morgan fingerprint density at radius 1 is 1.04 bits per heavy atom. The van der Waals surface area contributed by atoms with Gasteiger partial charge in [-0.25, -0.2) is 0 Å². The van der Waals surface area contributed by atoms with Crippen molar-refractivity contribution in [2.45, 2.75) is 98.0 Å². The van der Waals surface area contributed by atoms with Gasteiger partial charge in [-0.3, -0.25) is 0 Å². The van der Waals surface area contributed by atoms with Crippen molar-refractivity contribution in [3.8, 4) is 0 Å². The second-order valence-electron chi connectivity index (χ2n) is 8.72. The molecule has 1 rings (SSSR count). The lowest BCUT2D eigenvalue weighted by molar-refractivity contribution is -0.0294. The molecule has 2 heteroatoms. The van der Waals surface area contributed by atoms with Gasteiger partial charge in [-0.15, -0.1) is 0 Å². The predicted molar refractivity (Wildman–Crippen MR) is 118 cm³/mol. The molecule has 0 heterocycles. The molecule has 0 saturated heterocycles. The van der Waals surface area contributed by atoms with Gasteiger partial charge in [0.25, 0.3) is 0 Å².